The number of carbonyl (C=O) groups is 1. The minimum Gasteiger partial charge on any atom is -0.340 e. The van der Waals surface area contributed by atoms with E-state index in [1.54, 1.807) is 30.1 Å². The van der Waals surface area contributed by atoms with E-state index < -0.39 is 0 Å². The molecular formula is C17H22FN5O. The van der Waals surface area contributed by atoms with Crippen LogP contribution in [0.2, 0.25) is 0 Å². The summed E-state index contributed by atoms with van der Waals surface area (Å²) in [7, 11) is 1.71. The van der Waals surface area contributed by atoms with Gasteiger partial charge in [-0.3, -0.25) is 14.8 Å². The van der Waals surface area contributed by atoms with Crippen molar-refractivity contribution >= 4 is 5.91 Å². The molecule has 1 atom stereocenters. The molecule has 0 bridgehead atoms. The molecule has 0 saturated carbocycles. The van der Waals surface area contributed by atoms with Crippen LogP contribution < -0.4 is 0 Å². The second kappa shape index (κ2) is 7.53. The van der Waals surface area contributed by atoms with Crippen molar-refractivity contribution in [3.63, 3.8) is 0 Å². The van der Waals surface area contributed by atoms with Crippen molar-refractivity contribution in [1.82, 2.24) is 25.0 Å². The molecule has 24 heavy (non-hydrogen) atoms. The van der Waals surface area contributed by atoms with E-state index in [1.165, 1.54) is 12.4 Å². The molecule has 0 spiro atoms. The Bertz CT molecular complexity index is 675. The maximum Gasteiger partial charge on any atom is 0.236 e. The lowest BCUT2D eigenvalue weighted by atomic mass is 10.0. The largest absolute Gasteiger partial charge is 0.340 e. The Hall–Kier alpha value is -2.28. The minimum absolute atomic E-state index is 0.0235. The fourth-order valence-electron chi connectivity index (χ4n) is 3.13. The lowest BCUT2D eigenvalue weighted by Gasteiger charge is -2.34. The fraction of sp³-hybridized carbons (Fsp3) is 0.471. The second-order valence-corrected chi connectivity index (χ2v) is 6.19. The molecule has 1 aliphatic rings. The van der Waals surface area contributed by atoms with Crippen LogP contribution in [-0.4, -0.2) is 51.0 Å². The average molecular weight is 331 g/mol. The minimum atomic E-state index is -0.283. The first-order valence-corrected chi connectivity index (χ1v) is 8.22. The van der Waals surface area contributed by atoms with Gasteiger partial charge in [-0.25, -0.2) is 9.37 Å². The molecule has 3 rings (SSSR count). The van der Waals surface area contributed by atoms with E-state index in [0.29, 0.717) is 12.1 Å². The van der Waals surface area contributed by atoms with Crippen molar-refractivity contribution in [2.45, 2.75) is 31.8 Å². The van der Waals surface area contributed by atoms with Crippen molar-refractivity contribution in [2.24, 2.45) is 0 Å². The third-order valence-electron chi connectivity index (χ3n) is 4.49. The molecule has 128 valence electrons. The van der Waals surface area contributed by atoms with Crippen molar-refractivity contribution < 1.29 is 9.18 Å². The number of nitrogens with zero attached hydrogens (tertiary/aromatic N) is 4. The molecule has 1 unspecified atom stereocenters. The van der Waals surface area contributed by atoms with Gasteiger partial charge >= 0.3 is 0 Å². The number of hydrogen-bond donors (Lipinski definition) is 1. The lowest BCUT2D eigenvalue weighted by Crippen LogP contribution is -2.42. The first-order valence-electron chi connectivity index (χ1n) is 8.22. The number of aromatic amines is 1. The van der Waals surface area contributed by atoms with Crippen molar-refractivity contribution in [1.29, 1.82) is 0 Å². The average Bonchev–Trinajstić information content (AvgIpc) is 3.11. The second-order valence-electron chi connectivity index (χ2n) is 6.19. The predicted octanol–water partition coefficient (Wildman–Crippen LogP) is 2.13. The molecule has 1 aliphatic heterocycles. The summed E-state index contributed by atoms with van der Waals surface area (Å²) in [5.41, 5.74) is 0.527. The third-order valence-corrected chi connectivity index (χ3v) is 4.49. The third kappa shape index (κ3) is 3.79. The zero-order valence-corrected chi connectivity index (χ0v) is 13.8. The van der Waals surface area contributed by atoms with Gasteiger partial charge in [0.25, 0.3) is 0 Å². The number of rotatable bonds is 5. The number of hydrogen-bond acceptors (Lipinski definition) is 4. The maximum atomic E-state index is 13.8. The number of H-pyrrole nitrogens is 1. The molecule has 2 heterocycles. The molecule has 0 aliphatic carbocycles. The molecule has 1 aromatic heterocycles. The molecule has 1 amide bonds. The van der Waals surface area contributed by atoms with Gasteiger partial charge in [0, 0.05) is 19.2 Å². The van der Waals surface area contributed by atoms with E-state index in [1.807, 2.05) is 0 Å². The van der Waals surface area contributed by atoms with Crippen LogP contribution in [-0.2, 0) is 11.3 Å². The molecular weight excluding hydrogens is 309 g/mol. The summed E-state index contributed by atoms with van der Waals surface area (Å²) in [6.07, 6.45) is 4.63. The topological polar surface area (TPSA) is 65.1 Å². The Labute approximate surface area is 140 Å². The van der Waals surface area contributed by atoms with Gasteiger partial charge in [0.1, 0.15) is 18.0 Å². The quantitative estimate of drug-likeness (QED) is 0.911. The van der Waals surface area contributed by atoms with E-state index in [-0.39, 0.29) is 24.3 Å². The zero-order chi connectivity index (χ0) is 16.9. The highest BCUT2D eigenvalue weighted by atomic mass is 19.1. The van der Waals surface area contributed by atoms with E-state index in [2.05, 4.69) is 20.1 Å². The van der Waals surface area contributed by atoms with Crippen molar-refractivity contribution in [2.75, 3.05) is 20.1 Å². The number of likely N-dealkylation sites (tertiary alicyclic amines) is 1. The smallest absolute Gasteiger partial charge is 0.236 e. The molecule has 1 N–H and O–H groups in total. The standard InChI is InChI=1S/C17H22FN5O/c1-22(10-13-6-2-3-7-14(13)18)16(24)11-23-9-5-4-8-15(23)17-19-12-20-21-17/h2-3,6-7,12,15H,4-5,8-11H2,1H3,(H,19,20,21). The van der Waals surface area contributed by atoms with Crippen LogP contribution >= 0.6 is 0 Å². The normalized spacial score (nSPS) is 18.5. The van der Waals surface area contributed by atoms with Gasteiger partial charge in [-0.15, -0.1) is 0 Å². The fourth-order valence-corrected chi connectivity index (χ4v) is 3.13. The highest BCUT2D eigenvalue weighted by molar-refractivity contribution is 5.78. The summed E-state index contributed by atoms with van der Waals surface area (Å²) in [5, 5.41) is 6.82. The van der Waals surface area contributed by atoms with Crippen LogP contribution in [0.15, 0.2) is 30.6 Å². The molecule has 0 radical (unpaired) electrons. The Balaban J connectivity index is 1.63. The van der Waals surface area contributed by atoms with Crippen LogP contribution in [0.3, 0.4) is 0 Å². The number of benzene rings is 1. The monoisotopic (exact) mass is 331 g/mol. The number of carbonyl (C=O) groups excluding carboxylic acids is 1. The van der Waals surface area contributed by atoms with Crippen molar-refractivity contribution in [3.8, 4) is 0 Å². The van der Waals surface area contributed by atoms with Crippen LogP contribution in [0.5, 0.6) is 0 Å². The van der Waals surface area contributed by atoms with Gasteiger partial charge in [0.05, 0.1) is 12.6 Å². The summed E-state index contributed by atoms with van der Waals surface area (Å²) in [4.78, 5) is 20.5. The number of piperidine rings is 1. The lowest BCUT2D eigenvalue weighted by molar-refractivity contribution is -0.132. The van der Waals surface area contributed by atoms with E-state index in [4.69, 9.17) is 0 Å². The van der Waals surface area contributed by atoms with E-state index in [9.17, 15) is 9.18 Å². The van der Waals surface area contributed by atoms with Gasteiger partial charge in [-0.2, -0.15) is 5.10 Å². The summed E-state index contributed by atoms with van der Waals surface area (Å²) in [6, 6.07) is 6.64. The Morgan fingerprint density at radius 3 is 3.00 bits per heavy atom. The molecule has 1 saturated heterocycles. The summed E-state index contributed by atoms with van der Waals surface area (Å²) >= 11 is 0. The zero-order valence-electron chi connectivity index (χ0n) is 13.8. The summed E-state index contributed by atoms with van der Waals surface area (Å²) in [6.45, 7) is 1.42. The molecule has 1 aromatic carbocycles. The van der Waals surface area contributed by atoms with Crippen molar-refractivity contribution in [3.05, 3.63) is 47.8 Å². The van der Waals surface area contributed by atoms with E-state index >= 15 is 0 Å². The van der Waals surface area contributed by atoms with Gasteiger partial charge in [-0.1, -0.05) is 24.6 Å². The Morgan fingerprint density at radius 1 is 1.42 bits per heavy atom. The van der Waals surface area contributed by atoms with Crippen LogP contribution in [0.1, 0.15) is 36.7 Å². The van der Waals surface area contributed by atoms with Crippen LogP contribution in [0, 0.1) is 5.82 Å². The van der Waals surface area contributed by atoms with Gasteiger partial charge in [0.15, 0.2) is 0 Å². The molecule has 6 nitrogen and oxygen atoms in total. The maximum absolute atomic E-state index is 13.8. The molecule has 2 aromatic rings. The van der Waals surface area contributed by atoms with E-state index in [0.717, 1.165) is 31.6 Å². The van der Waals surface area contributed by atoms with Gasteiger partial charge in [0.2, 0.25) is 5.91 Å². The summed E-state index contributed by atoms with van der Waals surface area (Å²) < 4.78 is 13.8. The van der Waals surface area contributed by atoms with Crippen LogP contribution in [0.25, 0.3) is 0 Å². The number of amides is 1. The Morgan fingerprint density at radius 2 is 2.25 bits per heavy atom. The number of nitrogens with one attached hydrogen (secondary N) is 1. The molecule has 1 fully saturated rings. The van der Waals surface area contributed by atoms with Crippen LogP contribution in [0.4, 0.5) is 4.39 Å². The highest BCUT2D eigenvalue weighted by Gasteiger charge is 2.28. The van der Waals surface area contributed by atoms with Gasteiger partial charge in [-0.05, 0) is 25.5 Å². The first-order chi connectivity index (χ1) is 11.6. The number of aromatic nitrogens is 3. The SMILES string of the molecule is CN(Cc1ccccc1F)C(=O)CN1CCCCC1c1ncn[nH]1. The predicted molar refractivity (Wildman–Crippen MR) is 87.4 cm³/mol. The van der Waals surface area contributed by atoms with Gasteiger partial charge < -0.3 is 4.90 Å². The number of halogens is 1. The first kappa shape index (κ1) is 16.6. The summed E-state index contributed by atoms with van der Waals surface area (Å²) in [5.74, 6) is 0.499. The Kier molecular flexibility index (Phi) is 5.20. The highest BCUT2D eigenvalue weighted by Crippen LogP contribution is 2.28. The molecule has 7 heteroatoms. The number of likely N-dealkylation sites (N-methyl/N-ethyl adjacent to an activating group) is 1.